The Balaban J connectivity index is 2.39. The van der Waals surface area contributed by atoms with Gasteiger partial charge in [0.25, 0.3) is 0 Å². The summed E-state index contributed by atoms with van der Waals surface area (Å²) >= 11 is 0. The number of esters is 1. The molecule has 5 heteroatoms. The number of furan rings is 1. The summed E-state index contributed by atoms with van der Waals surface area (Å²) in [6.45, 7) is 1.62. The van der Waals surface area contributed by atoms with Gasteiger partial charge in [0.1, 0.15) is 22.5 Å². The number of carboxylic acids is 1. The van der Waals surface area contributed by atoms with Crippen LogP contribution < -0.4 is 0 Å². The van der Waals surface area contributed by atoms with Crippen molar-refractivity contribution < 1.29 is 23.8 Å². The van der Waals surface area contributed by atoms with E-state index in [0.717, 1.165) is 0 Å². The van der Waals surface area contributed by atoms with E-state index in [1.807, 2.05) is 0 Å². The fourth-order valence-electron chi connectivity index (χ4n) is 1.72. The Hall–Kier alpha value is -1.78. The van der Waals surface area contributed by atoms with Gasteiger partial charge in [0.15, 0.2) is 0 Å². The molecule has 1 aliphatic carbocycles. The molecule has 86 valence electrons. The highest BCUT2D eigenvalue weighted by atomic mass is 16.5. The minimum atomic E-state index is -0.920. The lowest BCUT2D eigenvalue weighted by molar-refractivity contribution is -0.140. The van der Waals surface area contributed by atoms with Crippen LogP contribution in [-0.2, 0) is 14.9 Å². The highest BCUT2D eigenvalue weighted by molar-refractivity contribution is 5.92. The third kappa shape index (κ3) is 1.39. The average molecular weight is 224 g/mol. The summed E-state index contributed by atoms with van der Waals surface area (Å²) in [6.07, 6.45) is 1.10. The number of carbonyl (C=O) groups is 2. The van der Waals surface area contributed by atoms with Crippen molar-refractivity contribution in [3.05, 3.63) is 23.2 Å². The lowest BCUT2D eigenvalue weighted by atomic mass is 10.0. The van der Waals surface area contributed by atoms with Gasteiger partial charge >= 0.3 is 11.9 Å². The Morgan fingerprint density at radius 3 is 2.56 bits per heavy atom. The fourth-order valence-corrected chi connectivity index (χ4v) is 1.72. The molecular formula is C11H12O5. The van der Waals surface area contributed by atoms with Gasteiger partial charge < -0.3 is 14.3 Å². The number of rotatable bonds is 3. The van der Waals surface area contributed by atoms with E-state index in [0.29, 0.717) is 29.9 Å². The molecule has 0 spiro atoms. The Morgan fingerprint density at radius 2 is 2.12 bits per heavy atom. The molecule has 0 saturated heterocycles. The molecular weight excluding hydrogens is 212 g/mol. The summed E-state index contributed by atoms with van der Waals surface area (Å²) in [6, 6.07) is 1.47. The molecule has 1 saturated carbocycles. The number of methoxy groups -OCH3 is 1. The second-order valence-corrected chi connectivity index (χ2v) is 3.96. The predicted octanol–water partition coefficient (Wildman–Crippen LogP) is 1.49. The molecule has 0 amide bonds. The molecule has 2 rings (SSSR count). The van der Waals surface area contributed by atoms with E-state index < -0.39 is 17.4 Å². The summed E-state index contributed by atoms with van der Waals surface area (Å²) in [5.41, 5.74) is -0.623. The van der Waals surface area contributed by atoms with Crippen LogP contribution in [0.15, 0.2) is 10.5 Å². The monoisotopic (exact) mass is 224 g/mol. The Kier molecular flexibility index (Phi) is 2.26. The molecule has 1 aromatic rings. The van der Waals surface area contributed by atoms with E-state index in [1.54, 1.807) is 6.92 Å². The number of ether oxygens (including phenoxy) is 1. The van der Waals surface area contributed by atoms with Crippen LogP contribution in [0.1, 0.15) is 34.7 Å². The van der Waals surface area contributed by atoms with Crippen molar-refractivity contribution in [3.8, 4) is 0 Å². The minimum absolute atomic E-state index is 0.296. The lowest BCUT2D eigenvalue weighted by Crippen LogP contribution is -2.18. The van der Waals surface area contributed by atoms with E-state index in [9.17, 15) is 9.59 Å². The van der Waals surface area contributed by atoms with E-state index in [4.69, 9.17) is 9.52 Å². The van der Waals surface area contributed by atoms with Gasteiger partial charge in [-0.3, -0.25) is 4.79 Å². The van der Waals surface area contributed by atoms with Crippen LogP contribution in [0.4, 0.5) is 0 Å². The SMILES string of the molecule is COC(=O)c1cc(C2(C(=O)O)CC2)oc1C. The first-order valence-electron chi connectivity index (χ1n) is 4.94. The molecule has 0 radical (unpaired) electrons. The third-order valence-electron chi connectivity index (χ3n) is 2.95. The van der Waals surface area contributed by atoms with Crippen LogP contribution in [0.2, 0.25) is 0 Å². The van der Waals surface area contributed by atoms with Crippen LogP contribution >= 0.6 is 0 Å². The zero-order valence-corrected chi connectivity index (χ0v) is 9.07. The van der Waals surface area contributed by atoms with Crippen LogP contribution in [0.3, 0.4) is 0 Å². The van der Waals surface area contributed by atoms with Gasteiger partial charge in [0, 0.05) is 0 Å². The molecule has 0 aromatic carbocycles. The fraction of sp³-hybridized carbons (Fsp3) is 0.455. The molecule has 5 nitrogen and oxygen atoms in total. The number of aryl methyl sites for hydroxylation is 1. The van der Waals surface area contributed by atoms with Gasteiger partial charge in [0.05, 0.1) is 7.11 Å². The highest BCUT2D eigenvalue weighted by Crippen LogP contribution is 2.49. The summed E-state index contributed by atoms with van der Waals surface area (Å²) < 4.78 is 9.92. The van der Waals surface area contributed by atoms with Crippen LogP contribution in [-0.4, -0.2) is 24.2 Å². The van der Waals surface area contributed by atoms with Gasteiger partial charge in [-0.15, -0.1) is 0 Å². The minimum Gasteiger partial charge on any atom is -0.480 e. The van der Waals surface area contributed by atoms with Gasteiger partial charge in [-0.2, -0.15) is 0 Å². The van der Waals surface area contributed by atoms with Crippen molar-refractivity contribution in [1.29, 1.82) is 0 Å². The maximum atomic E-state index is 11.3. The summed E-state index contributed by atoms with van der Waals surface area (Å²) in [5.74, 6) is -0.668. The van der Waals surface area contributed by atoms with Crippen molar-refractivity contribution in [2.75, 3.05) is 7.11 Å². The predicted molar refractivity (Wildman–Crippen MR) is 53.3 cm³/mol. The number of carboxylic acid groups (broad SMARTS) is 1. The molecule has 1 N–H and O–H groups in total. The van der Waals surface area contributed by atoms with Gasteiger partial charge in [-0.25, -0.2) is 4.79 Å². The zero-order valence-electron chi connectivity index (χ0n) is 9.07. The normalized spacial score (nSPS) is 16.9. The second-order valence-electron chi connectivity index (χ2n) is 3.96. The third-order valence-corrected chi connectivity index (χ3v) is 2.95. The topological polar surface area (TPSA) is 76.7 Å². The maximum absolute atomic E-state index is 11.3. The lowest BCUT2D eigenvalue weighted by Gasteiger charge is -2.03. The first-order valence-corrected chi connectivity index (χ1v) is 4.94. The van der Waals surface area contributed by atoms with Gasteiger partial charge in [-0.1, -0.05) is 0 Å². The smallest absolute Gasteiger partial charge is 0.341 e. The highest BCUT2D eigenvalue weighted by Gasteiger charge is 2.55. The summed E-state index contributed by atoms with van der Waals surface area (Å²) in [7, 11) is 1.28. The number of aliphatic carboxylic acids is 1. The second kappa shape index (κ2) is 3.37. The molecule has 0 aliphatic heterocycles. The first kappa shape index (κ1) is 10.7. The zero-order chi connectivity index (χ0) is 11.9. The summed E-state index contributed by atoms with van der Waals surface area (Å²) in [4.78, 5) is 22.4. The van der Waals surface area contributed by atoms with E-state index in [1.165, 1.54) is 13.2 Å². The molecule has 16 heavy (non-hydrogen) atoms. The standard InChI is InChI=1S/C11H12O5/c1-6-7(9(12)15-2)5-8(16-6)11(3-4-11)10(13)14/h5H,3-4H2,1-2H3,(H,13,14). The maximum Gasteiger partial charge on any atom is 0.341 e. The van der Waals surface area contributed by atoms with Gasteiger partial charge in [0.2, 0.25) is 0 Å². The quantitative estimate of drug-likeness (QED) is 0.787. The molecule has 0 bridgehead atoms. The molecule has 1 aromatic heterocycles. The molecule has 0 atom stereocenters. The Labute approximate surface area is 92.0 Å². The molecule has 1 aliphatic rings. The van der Waals surface area contributed by atoms with Crippen molar-refractivity contribution in [3.63, 3.8) is 0 Å². The molecule has 0 unspecified atom stereocenters. The van der Waals surface area contributed by atoms with Crippen LogP contribution in [0.25, 0.3) is 0 Å². The Bertz CT molecular complexity index is 453. The number of hydrogen-bond acceptors (Lipinski definition) is 4. The van der Waals surface area contributed by atoms with Crippen molar-refractivity contribution in [1.82, 2.24) is 0 Å². The Morgan fingerprint density at radius 1 is 1.50 bits per heavy atom. The van der Waals surface area contributed by atoms with Gasteiger partial charge in [-0.05, 0) is 25.8 Å². The van der Waals surface area contributed by atoms with Crippen molar-refractivity contribution in [2.24, 2.45) is 0 Å². The first-order chi connectivity index (χ1) is 7.51. The summed E-state index contributed by atoms with van der Waals surface area (Å²) in [5, 5.41) is 9.08. The number of carbonyl (C=O) groups excluding carboxylic acids is 1. The average Bonchev–Trinajstić information content (AvgIpc) is 2.97. The van der Waals surface area contributed by atoms with E-state index in [2.05, 4.69) is 4.74 Å². The molecule has 1 fully saturated rings. The van der Waals surface area contributed by atoms with E-state index in [-0.39, 0.29) is 0 Å². The van der Waals surface area contributed by atoms with Crippen LogP contribution in [0, 0.1) is 6.92 Å². The van der Waals surface area contributed by atoms with E-state index >= 15 is 0 Å². The van der Waals surface area contributed by atoms with Crippen molar-refractivity contribution in [2.45, 2.75) is 25.2 Å². The largest absolute Gasteiger partial charge is 0.480 e. The van der Waals surface area contributed by atoms with Crippen molar-refractivity contribution >= 4 is 11.9 Å². The molecule has 1 heterocycles. The van der Waals surface area contributed by atoms with Crippen LogP contribution in [0.5, 0.6) is 0 Å². The number of hydrogen-bond donors (Lipinski definition) is 1.